The summed E-state index contributed by atoms with van der Waals surface area (Å²) < 4.78 is 17.1. The SMILES string of the molecule is CC1(C)OB(c2cc3cccnc3c3ccccc23)OC1(C)C.Clc1nc(-c2ccc(-c3ccccc3)cc2)c2sc3ccccc3c2n1.c1ccc(-c2ccc(-c3nc(-c4cc5cccnc5c5ccccc45)nc4c3sc3ccccc34)cc2)cc1. The van der Waals surface area contributed by atoms with Crippen molar-refractivity contribution in [3.63, 3.8) is 0 Å². The second-order valence-electron chi connectivity index (χ2n) is 22.9. The molecule has 1 fully saturated rings. The molecule has 0 N–H and O–H groups in total. The van der Waals surface area contributed by atoms with Crippen molar-refractivity contribution in [2.45, 2.75) is 38.9 Å². The highest BCUT2D eigenvalue weighted by atomic mass is 35.5. The molecule has 0 unspecified atom stereocenters. The molecular formula is C76H54BClN6O2S2. The van der Waals surface area contributed by atoms with Gasteiger partial charge in [0, 0.05) is 70.8 Å². The molecular weight excluding hydrogens is 1140 g/mol. The lowest BCUT2D eigenvalue weighted by Gasteiger charge is -2.32. The molecule has 7 heterocycles. The number of nitrogens with zero attached hydrogens (tertiary/aromatic N) is 6. The lowest BCUT2D eigenvalue weighted by atomic mass is 9.75. The Morgan fingerprint density at radius 1 is 0.364 bits per heavy atom. The van der Waals surface area contributed by atoms with Gasteiger partial charge in [-0.25, -0.2) is 19.9 Å². The predicted octanol–water partition coefficient (Wildman–Crippen LogP) is 20.1. The zero-order valence-electron chi connectivity index (χ0n) is 48.5. The Labute approximate surface area is 522 Å². The third kappa shape index (κ3) is 10.1. The summed E-state index contributed by atoms with van der Waals surface area (Å²) in [7, 11) is -0.366. The van der Waals surface area contributed by atoms with Crippen molar-refractivity contribution in [3.05, 3.63) is 260 Å². The summed E-state index contributed by atoms with van der Waals surface area (Å²) in [5.41, 5.74) is 14.1. The number of aromatic nitrogens is 6. The van der Waals surface area contributed by atoms with E-state index in [-0.39, 0.29) is 23.6 Å². The molecule has 12 heteroatoms. The number of benzene rings is 10. The molecule has 8 nitrogen and oxygen atoms in total. The van der Waals surface area contributed by atoms with E-state index in [4.69, 9.17) is 30.9 Å². The standard InChI is InChI=1S/C35H21N3S.C22H13ClN2S.C19H20BNO2/c1-2-9-22(10-3-1)23-16-18-24(19-17-23)32-34-33(28-14-6-7-15-30(28)39-34)38-35(37-32)29-21-25-11-8-20-36-31(25)27-13-5-4-12-26(27)29;23-22-24-19(21-20(25-22)17-8-4-5-9-18(17)26-21)16-12-10-15(11-13-16)14-6-2-1-3-7-14;1-18(2)19(3,4)23-20(22-18)16-12-13-8-7-11-21-17(13)15-10-6-5-9-14(15)16/h1-21H;1-13H;5-12H,1-4H3. The van der Waals surface area contributed by atoms with Crippen LogP contribution in [0.25, 0.3) is 140 Å². The van der Waals surface area contributed by atoms with Crippen LogP contribution in [0.4, 0.5) is 0 Å². The Hall–Kier alpha value is -9.59. The first-order chi connectivity index (χ1) is 43.0. The highest BCUT2D eigenvalue weighted by molar-refractivity contribution is 7.26. The molecule has 88 heavy (non-hydrogen) atoms. The van der Waals surface area contributed by atoms with Crippen LogP contribution in [-0.4, -0.2) is 48.2 Å². The lowest BCUT2D eigenvalue weighted by molar-refractivity contribution is 0.00578. The monoisotopic (exact) mass is 1190 g/mol. The molecule has 1 aliphatic heterocycles. The molecule has 0 radical (unpaired) electrons. The van der Waals surface area contributed by atoms with Gasteiger partial charge in [0.15, 0.2) is 5.82 Å². The summed E-state index contributed by atoms with van der Waals surface area (Å²) >= 11 is 9.71. The van der Waals surface area contributed by atoms with Crippen molar-refractivity contribution in [2.24, 2.45) is 0 Å². The Kier molecular flexibility index (Phi) is 14.1. The molecule has 0 amide bonds. The van der Waals surface area contributed by atoms with Gasteiger partial charge in [0.2, 0.25) is 5.28 Å². The molecule has 10 aromatic carbocycles. The fourth-order valence-electron chi connectivity index (χ4n) is 11.8. The average molecular weight is 1190 g/mol. The molecule has 0 atom stereocenters. The number of fused-ring (bicyclic) bond motifs is 12. The van der Waals surface area contributed by atoms with Crippen molar-refractivity contribution in [3.8, 4) is 56.2 Å². The van der Waals surface area contributed by atoms with Gasteiger partial charge in [-0.2, -0.15) is 0 Å². The van der Waals surface area contributed by atoms with Crippen LogP contribution in [0.2, 0.25) is 5.28 Å². The summed E-state index contributed by atoms with van der Waals surface area (Å²) in [4.78, 5) is 28.7. The van der Waals surface area contributed by atoms with Gasteiger partial charge in [-0.1, -0.05) is 212 Å². The minimum atomic E-state index is -0.366. The van der Waals surface area contributed by atoms with Crippen molar-refractivity contribution in [1.29, 1.82) is 0 Å². The maximum atomic E-state index is 6.26. The van der Waals surface area contributed by atoms with E-state index in [2.05, 4.69) is 230 Å². The van der Waals surface area contributed by atoms with Crippen LogP contribution in [0.3, 0.4) is 0 Å². The van der Waals surface area contributed by atoms with Crippen LogP contribution in [0.15, 0.2) is 255 Å². The van der Waals surface area contributed by atoms with Crippen molar-refractivity contribution in [2.75, 3.05) is 0 Å². The summed E-state index contributed by atoms with van der Waals surface area (Å²) in [5.74, 6) is 0.732. The number of hydrogen-bond acceptors (Lipinski definition) is 10. The first-order valence-corrected chi connectivity index (χ1v) is 31.3. The van der Waals surface area contributed by atoms with Gasteiger partial charge in [-0.3, -0.25) is 9.97 Å². The molecule has 0 spiro atoms. The third-order valence-corrected chi connectivity index (χ3v) is 19.4. The number of halogens is 1. The van der Waals surface area contributed by atoms with Crippen LogP contribution in [0.5, 0.6) is 0 Å². The average Bonchev–Trinajstić information content (AvgIpc) is 1.51. The van der Waals surface area contributed by atoms with Gasteiger partial charge < -0.3 is 9.31 Å². The largest absolute Gasteiger partial charge is 0.495 e. The fraction of sp³-hybridized carbons (Fsp3) is 0.0789. The normalized spacial score (nSPS) is 13.6. The van der Waals surface area contributed by atoms with E-state index in [9.17, 15) is 0 Å². The second kappa shape index (κ2) is 22.6. The summed E-state index contributed by atoms with van der Waals surface area (Å²) in [6.45, 7) is 8.32. The van der Waals surface area contributed by atoms with Gasteiger partial charge in [-0.05, 0) is 108 Å². The maximum absolute atomic E-state index is 6.26. The van der Waals surface area contributed by atoms with Crippen LogP contribution in [-0.2, 0) is 9.31 Å². The molecule has 0 bridgehead atoms. The topological polar surface area (TPSA) is 95.8 Å². The van der Waals surface area contributed by atoms with E-state index in [1.807, 2.05) is 73.1 Å². The summed E-state index contributed by atoms with van der Waals surface area (Å²) in [6.07, 6.45) is 3.69. The Morgan fingerprint density at radius 2 is 0.773 bits per heavy atom. The van der Waals surface area contributed by atoms with Crippen LogP contribution in [0.1, 0.15) is 27.7 Å². The molecule has 1 saturated heterocycles. The van der Waals surface area contributed by atoms with E-state index < -0.39 is 0 Å². The molecule has 6 aromatic heterocycles. The summed E-state index contributed by atoms with van der Waals surface area (Å²) in [5, 5.41) is 9.24. The van der Waals surface area contributed by atoms with Crippen molar-refractivity contribution >= 4 is 131 Å². The van der Waals surface area contributed by atoms with Gasteiger partial charge >= 0.3 is 7.12 Å². The minimum absolute atomic E-state index is 0.281. The molecule has 0 aliphatic carbocycles. The lowest BCUT2D eigenvalue weighted by Crippen LogP contribution is -2.41. The van der Waals surface area contributed by atoms with Crippen molar-refractivity contribution < 1.29 is 9.31 Å². The minimum Gasteiger partial charge on any atom is -0.399 e. The number of hydrogen-bond donors (Lipinski definition) is 0. The number of rotatable bonds is 6. The number of thiophene rings is 2. The van der Waals surface area contributed by atoms with Gasteiger partial charge in [0.05, 0.1) is 54.1 Å². The van der Waals surface area contributed by atoms with Gasteiger partial charge in [0.25, 0.3) is 0 Å². The highest BCUT2D eigenvalue weighted by Gasteiger charge is 2.52. The predicted molar refractivity (Wildman–Crippen MR) is 370 cm³/mol. The Balaban J connectivity index is 0.000000116. The number of pyridine rings is 2. The first kappa shape index (κ1) is 55.0. The van der Waals surface area contributed by atoms with E-state index in [1.165, 1.54) is 31.7 Å². The van der Waals surface area contributed by atoms with Crippen LogP contribution >= 0.6 is 34.3 Å². The smallest absolute Gasteiger partial charge is 0.399 e. The van der Waals surface area contributed by atoms with Crippen LogP contribution < -0.4 is 5.46 Å². The van der Waals surface area contributed by atoms with Gasteiger partial charge in [0.1, 0.15) is 0 Å². The molecule has 16 aromatic rings. The highest BCUT2D eigenvalue weighted by Crippen LogP contribution is 2.43. The molecule has 17 rings (SSSR count). The zero-order chi connectivity index (χ0) is 59.5. The maximum Gasteiger partial charge on any atom is 0.495 e. The third-order valence-electron chi connectivity index (χ3n) is 16.9. The molecule has 422 valence electrons. The zero-order valence-corrected chi connectivity index (χ0v) is 50.9. The molecule has 0 saturated carbocycles. The Morgan fingerprint density at radius 3 is 1.31 bits per heavy atom. The second-order valence-corrected chi connectivity index (χ2v) is 25.3. The first-order valence-electron chi connectivity index (χ1n) is 29.3. The fourth-order valence-corrected chi connectivity index (χ4v) is 14.3. The van der Waals surface area contributed by atoms with Gasteiger partial charge in [-0.15, -0.1) is 22.7 Å². The van der Waals surface area contributed by atoms with E-state index in [0.717, 1.165) is 114 Å². The quantitative estimate of drug-likeness (QED) is 0.0923. The van der Waals surface area contributed by atoms with Crippen LogP contribution in [0, 0.1) is 0 Å². The Bertz CT molecular complexity index is 5300. The van der Waals surface area contributed by atoms with Crippen molar-refractivity contribution in [1.82, 2.24) is 29.9 Å². The molecule has 1 aliphatic rings. The van der Waals surface area contributed by atoms with E-state index in [0.29, 0.717) is 0 Å². The summed E-state index contributed by atoms with van der Waals surface area (Å²) in [6, 6.07) is 84.0. The van der Waals surface area contributed by atoms with E-state index >= 15 is 0 Å². The van der Waals surface area contributed by atoms with E-state index in [1.54, 1.807) is 22.7 Å².